The maximum absolute atomic E-state index is 13.9. The number of benzene rings is 1. The zero-order valence-electron chi connectivity index (χ0n) is 11.0. The second kappa shape index (κ2) is 5.70. The number of aliphatic hydroxyl groups is 1. The second-order valence-electron chi connectivity index (χ2n) is 5.38. The minimum absolute atomic E-state index is 0.196. The number of hydrogen-bond acceptors (Lipinski definition) is 2. The van der Waals surface area contributed by atoms with Crippen LogP contribution in [0.25, 0.3) is 0 Å². The van der Waals surface area contributed by atoms with E-state index in [-0.39, 0.29) is 17.6 Å². The molecule has 0 aliphatic heterocycles. The number of carbonyl (C=O) groups is 1. The molecule has 2 N–H and O–H groups in total. The molecule has 2 rings (SSSR count). The van der Waals surface area contributed by atoms with Crippen LogP contribution in [0.3, 0.4) is 0 Å². The predicted molar refractivity (Wildman–Crippen MR) is 69.5 cm³/mol. The molecule has 4 heteroatoms. The van der Waals surface area contributed by atoms with Gasteiger partial charge < -0.3 is 10.2 Å². The highest BCUT2D eigenvalue weighted by atomic mass is 19.1. The van der Waals surface area contributed by atoms with Gasteiger partial charge in [0.15, 0.2) is 0 Å². The number of carboxylic acids is 1. The highest BCUT2D eigenvalue weighted by molar-refractivity contribution is 5.75. The van der Waals surface area contributed by atoms with Gasteiger partial charge in [-0.1, -0.05) is 18.6 Å². The number of halogens is 1. The second-order valence-corrected chi connectivity index (χ2v) is 5.38. The third-order valence-corrected chi connectivity index (χ3v) is 4.02. The summed E-state index contributed by atoms with van der Waals surface area (Å²) in [6.07, 6.45) is 3.17. The quantitative estimate of drug-likeness (QED) is 0.881. The first kappa shape index (κ1) is 14.0. The molecule has 1 aliphatic carbocycles. The number of aliphatic carboxylic acids is 1. The molecule has 0 heterocycles. The van der Waals surface area contributed by atoms with Gasteiger partial charge in [0.1, 0.15) is 5.82 Å². The van der Waals surface area contributed by atoms with E-state index in [1.165, 1.54) is 13.0 Å². The monoisotopic (exact) mass is 266 g/mol. The SMILES string of the molecule is CC(C(=O)O)c1ccc(C[C@H]2CCC[C@H]2O)cc1F. The first-order chi connectivity index (χ1) is 8.99. The number of carboxylic acid groups (broad SMARTS) is 1. The summed E-state index contributed by atoms with van der Waals surface area (Å²) in [5, 5.41) is 18.7. The summed E-state index contributed by atoms with van der Waals surface area (Å²) in [6.45, 7) is 1.47. The van der Waals surface area contributed by atoms with E-state index >= 15 is 0 Å². The molecule has 1 aromatic rings. The van der Waals surface area contributed by atoms with Crippen LogP contribution in [0.15, 0.2) is 18.2 Å². The summed E-state index contributed by atoms with van der Waals surface area (Å²) >= 11 is 0. The van der Waals surface area contributed by atoms with Crippen molar-refractivity contribution in [2.45, 2.75) is 44.6 Å². The van der Waals surface area contributed by atoms with Crippen LogP contribution in [0.1, 0.15) is 43.2 Å². The summed E-state index contributed by atoms with van der Waals surface area (Å²) in [5.74, 6) is -2.15. The molecule has 0 radical (unpaired) electrons. The molecule has 19 heavy (non-hydrogen) atoms. The fraction of sp³-hybridized carbons (Fsp3) is 0.533. The first-order valence-corrected chi connectivity index (χ1v) is 6.68. The lowest BCUT2D eigenvalue weighted by molar-refractivity contribution is -0.138. The highest BCUT2D eigenvalue weighted by Gasteiger charge is 2.26. The van der Waals surface area contributed by atoms with Crippen molar-refractivity contribution in [3.63, 3.8) is 0 Å². The van der Waals surface area contributed by atoms with Crippen LogP contribution in [-0.2, 0) is 11.2 Å². The maximum atomic E-state index is 13.9. The minimum atomic E-state index is -1.03. The van der Waals surface area contributed by atoms with Gasteiger partial charge in [-0.15, -0.1) is 0 Å². The number of hydrogen-bond donors (Lipinski definition) is 2. The Morgan fingerprint density at radius 3 is 2.74 bits per heavy atom. The molecule has 0 aromatic heterocycles. The molecular weight excluding hydrogens is 247 g/mol. The maximum Gasteiger partial charge on any atom is 0.310 e. The first-order valence-electron chi connectivity index (χ1n) is 6.68. The molecule has 3 atom stereocenters. The lowest BCUT2D eigenvalue weighted by Gasteiger charge is -2.15. The number of rotatable bonds is 4. The topological polar surface area (TPSA) is 57.5 Å². The summed E-state index contributed by atoms with van der Waals surface area (Å²) in [6, 6.07) is 4.72. The normalized spacial score (nSPS) is 24.4. The highest BCUT2D eigenvalue weighted by Crippen LogP contribution is 2.29. The summed E-state index contributed by atoms with van der Waals surface area (Å²) < 4.78 is 13.9. The summed E-state index contributed by atoms with van der Waals surface area (Å²) in [7, 11) is 0. The van der Waals surface area contributed by atoms with Crippen LogP contribution in [0.2, 0.25) is 0 Å². The predicted octanol–water partition coefficient (Wildman–Crippen LogP) is 2.72. The average Bonchev–Trinajstić information content (AvgIpc) is 2.74. The van der Waals surface area contributed by atoms with E-state index in [0.29, 0.717) is 6.42 Å². The zero-order valence-corrected chi connectivity index (χ0v) is 11.0. The molecule has 1 aromatic carbocycles. The van der Waals surface area contributed by atoms with Crippen molar-refractivity contribution in [1.29, 1.82) is 0 Å². The van der Waals surface area contributed by atoms with Crippen molar-refractivity contribution < 1.29 is 19.4 Å². The van der Waals surface area contributed by atoms with Gasteiger partial charge in [-0.3, -0.25) is 4.79 Å². The average molecular weight is 266 g/mol. The summed E-state index contributed by atoms with van der Waals surface area (Å²) in [5.41, 5.74) is 1.04. The Morgan fingerprint density at radius 1 is 1.47 bits per heavy atom. The Kier molecular flexibility index (Phi) is 4.20. The van der Waals surface area contributed by atoms with E-state index in [4.69, 9.17) is 5.11 Å². The van der Waals surface area contributed by atoms with E-state index in [1.54, 1.807) is 12.1 Å². The fourth-order valence-electron chi connectivity index (χ4n) is 2.74. The Bertz CT molecular complexity index is 472. The Morgan fingerprint density at radius 2 is 2.21 bits per heavy atom. The van der Waals surface area contributed by atoms with Gasteiger partial charge >= 0.3 is 5.97 Å². The van der Waals surface area contributed by atoms with Crippen molar-refractivity contribution in [2.24, 2.45) is 5.92 Å². The van der Waals surface area contributed by atoms with Gasteiger partial charge in [0.25, 0.3) is 0 Å². The number of aliphatic hydroxyl groups excluding tert-OH is 1. The van der Waals surface area contributed by atoms with Crippen LogP contribution < -0.4 is 0 Å². The molecule has 0 spiro atoms. The molecule has 1 aliphatic rings. The van der Waals surface area contributed by atoms with E-state index in [2.05, 4.69) is 0 Å². The standard InChI is InChI=1S/C15H19FO3/c1-9(15(18)19)12-6-5-10(8-13(12)16)7-11-3-2-4-14(11)17/h5-6,8-9,11,14,17H,2-4,7H2,1H3,(H,18,19)/t9?,11-,14-/m1/s1. The Hall–Kier alpha value is -1.42. The van der Waals surface area contributed by atoms with Gasteiger partial charge in [-0.2, -0.15) is 0 Å². The van der Waals surface area contributed by atoms with Gasteiger partial charge in [-0.05, 0) is 43.7 Å². The van der Waals surface area contributed by atoms with E-state index < -0.39 is 17.7 Å². The van der Waals surface area contributed by atoms with Crippen molar-refractivity contribution >= 4 is 5.97 Å². The van der Waals surface area contributed by atoms with Gasteiger partial charge in [0.2, 0.25) is 0 Å². The van der Waals surface area contributed by atoms with E-state index in [1.807, 2.05) is 0 Å². The molecule has 0 saturated heterocycles. The van der Waals surface area contributed by atoms with Crippen molar-refractivity contribution in [3.8, 4) is 0 Å². The molecule has 1 unspecified atom stereocenters. The smallest absolute Gasteiger partial charge is 0.310 e. The Labute approximate surface area is 112 Å². The molecule has 104 valence electrons. The third-order valence-electron chi connectivity index (χ3n) is 4.02. The van der Waals surface area contributed by atoms with E-state index in [9.17, 15) is 14.3 Å². The van der Waals surface area contributed by atoms with E-state index in [0.717, 1.165) is 24.8 Å². The largest absolute Gasteiger partial charge is 0.481 e. The Balaban J connectivity index is 2.12. The molecule has 1 saturated carbocycles. The van der Waals surface area contributed by atoms with Crippen LogP contribution in [0.4, 0.5) is 4.39 Å². The summed E-state index contributed by atoms with van der Waals surface area (Å²) in [4.78, 5) is 10.9. The lowest BCUT2D eigenvalue weighted by atomic mass is 9.93. The van der Waals surface area contributed by atoms with Crippen LogP contribution >= 0.6 is 0 Å². The van der Waals surface area contributed by atoms with Crippen molar-refractivity contribution in [3.05, 3.63) is 35.1 Å². The van der Waals surface area contributed by atoms with Gasteiger partial charge in [-0.25, -0.2) is 4.39 Å². The third kappa shape index (κ3) is 3.13. The molecular formula is C15H19FO3. The molecule has 0 amide bonds. The zero-order chi connectivity index (χ0) is 14.0. The van der Waals surface area contributed by atoms with Crippen molar-refractivity contribution in [2.75, 3.05) is 0 Å². The minimum Gasteiger partial charge on any atom is -0.481 e. The molecule has 0 bridgehead atoms. The van der Waals surface area contributed by atoms with Crippen LogP contribution in [0, 0.1) is 11.7 Å². The van der Waals surface area contributed by atoms with Crippen LogP contribution in [-0.4, -0.2) is 22.3 Å². The van der Waals surface area contributed by atoms with Crippen LogP contribution in [0.5, 0.6) is 0 Å². The van der Waals surface area contributed by atoms with Gasteiger partial charge in [0, 0.05) is 5.56 Å². The van der Waals surface area contributed by atoms with Crippen molar-refractivity contribution in [1.82, 2.24) is 0 Å². The van der Waals surface area contributed by atoms with Gasteiger partial charge in [0.05, 0.1) is 12.0 Å². The lowest BCUT2D eigenvalue weighted by Crippen LogP contribution is -2.16. The molecule has 3 nitrogen and oxygen atoms in total. The molecule has 1 fully saturated rings. The fourth-order valence-corrected chi connectivity index (χ4v) is 2.74.